The number of nitrogens with one attached hydrogen (secondary N) is 1. The third-order valence-corrected chi connectivity index (χ3v) is 2.99. The zero-order chi connectivity index (χ0) is 15.4. The minimum Gasteiger partial charge on any atom is -0.480 e. The molecule has 0 rings (SSSR count). The minimum absolute atomic E-state index is 0.147. The molecule has 120 valence electrons. The summed E-state index contributed by atoms with van der Waals surface area (Å²) in [6.45, 7) is 8.30. The molecule has 0 spiro atoms. The summed E-state index contributed by atoms with van der Waals surface area (Å²) in [5, 5.41) is 12.4. The molecule has 2 unspecified atom stereocenters. The second-order valence-electron chi connectivity index (χ2n) is 5.05. The number of carboxylic acids is 1. The quantitative estimate of drug-likeness (QED) is 0.498. The molecule has 0 aromatic carbocycles. The molecule has 20 heavy (non-hydrogen) atoms. The first-order chi connectivity index (χ1) is 9.46. The van der Waals surface area contributed by atoms with Crippen molar-refractivity contribution in [1.29, 1.82) is 0 Å². The third kappa shape index (κ3) is 8.47. The van der Waals surface area contributed by atoms with Crippen molar-refractivity contribution in [3.8, 4) is 0 Å². The molecule has 2 N–H and O–H groups in total. The molecule has 0 heterocycles. The van der Waals surface area contributed by atoms with Crippen LogP contribution in [0, 0.1) is 0 Å². The van der Waals surface area contributed by atoms with Gasteiger partial charge in [-0.05, 0) is 26.8 Å². The lowest BCUT2D eigenvalue weighted by atomic mass is 9.94. The lowest BCUT2D eigenvalue weighted by Crippen LogP contribution is -2.51. The van der Waals surface area contributed by atoms with Gasteiger partial charge in [-0.15, -0.1) is 0 Å². The zero-order valence-corrected chi connectivity index (χ0v) is 13.1. The van der Waals surface area contributed by atoms with Gasteiger partial charge in [0.15, 0.2) is 0 Å². The van der Waals surface area contributed by atoms with Gasteiger partial charge in [0.2, 0.25) is 0 Å². The van der Waals surface area contributed by atoms with Crippen LogP contribution in [0.4, 0.5) is 0 Å². The second kappa shape index (κ2) is 11.0. The summed E-state index contributed by atoms with van der Waals surface area (Å²) in [7, 11) is 1.62. The fourth-order valence-electron chi connectivity index (χ4n) is 1.82. The van der Waals surface area contributed by atoms with E-state index in [9.17, 15) is 9.90 Å². The average Bonchev–Trinajstić information content (AvgIpc) is 2.40. The summed E-state index contributed by atoms with van der Waals surface area (Å²) in [5.41, 5.74) is -0.952. The maximum atomic E-state index is 11.4. The highest BCUT2D eigenvalue weighted by molar-refractivity contribution is 5.78. The SMILES string of the molecule is CCCNC(C)(CC(C)OCCOCCOC)C(=O)O. The summed E-state index contributed by atoms with van der Waals surface area (Å²) in [4.78, 5) is 11.4. The van der Waals surface area contributed by atoms with Gasteiger partial charge in [-0.3, -0.25) is 4.79 Å². The van der Waals surface area contributed by atoms with E-state index in [0.717, 1.165) is 6.42 Å². The van der Waals surface area contributed by atoms with Gasteiger partial charge in [-0.1, -0.05) is 6.92 Å². The Hall–Kier alpha value is -0.690. The highest BCUT2D eigenvalue weighted by Gasteiger charge is 2.34. The predicted octanol–water partition coefficient (Wildman–Crippen LogP) is 1.29. The van der Waals surface area contributed by atoms with Crippen molar-refractivity contribution < 1.29 is 24.1 Å². The molecule has 0 aliphatic carbocycles. The third-order valence-electron chi connectivity index (χ3n) is 2.99. The Morgan fingerprint density at radius 1 is 1.30 bits per heavy atom. The van der Waals surface area contributed by atoms with Crippen LogP contribution >= 0.6 is 0 Å². The molecule has 0 aromatic heterocycles. The Labute approximate surface area is 121 Å². The van der Waals surface area contributed by atoms with Crippen LogP contribution in [-0.4, -0.2) is 62.8 Å². The maximum absolute atomic E-state index is 11.4. The number of hydrogen-bond donors (Lipinski definition) is 2. The summed E-state index contributed by atoms with van der Waals surface area (Å²) in [6, 6.07) is 0. The minimum atomic E-state index is -0.952. The van der Waals surface area contributed by atoms with E-state index in [4.69, 9.17) is 14.2 Å². The Kier molecular flexibility index (Phi) is 10.6. The summed E-state index contributed by atoms with van der Waals surface area (Å²) in [6.07, 6.45) is 1.16. The van der Waals surface area contributed by atoms with Gasteiger partial charge in [0, 0.05) is 13.5 Å². The van der Waals surface area contributed by atoms with Crippen molar-refractivity contribution in [2.45, 2.75) is 45.3 Å². The Balaban J connectivity index is 3.95. The number of methoxy groups -OCH3 is 1. The van der Waals surface area contributed by atoms with Crippen LogP contribution in [0.5, 0.6) is 0 Å². The summed E-state index contributed by atoms with van der Waals surface area (Å²) in [5.74, 6) is -0.849. The molecule has 0 fully saturated rings. The lowest BCUT2D eigenvalue weighted by Gasteiger charge is -2.29. The number of carboxylic acid groups (broad SMARTS) is 1. The Morgan fingerprint density at radius 3 is 2.50 bits per heavy atom. The van der Waals surface area contributed by atoms with Crippen molar-refractivity contribution >= 4 is 5.97 Å². The van der Waals surface area contributed by atoms with Crippen molar-refractivity contribution in [2.24, 2.45) is 0 Å². The van der Waals surface area contributed by atoms with Crippen LogP contribution in [0.15, 0.2) is 0 Å². The Bertz CT molecular complexity index is 262. The molecule has 6 nitrogen and oxygen atoms in total. The molecule has 0 amide bonds. The van der Waals surface area contributed by atoms with Gasteiger partial charge in [0.1, 0.15) is 5.54 Å². The fourth-order valence-corrected chi connectivity index (χ4v) is 1.82. The summed E-state index contributed by atoms with van der Waals surface area (Å²) < 4.78 is 15.7. The average molecular weight is 291 g/mol. The van der Waals surface area contributed by atoms with E-state index >= 15 is 0 Å². The van der Waals surface area contributed by atoms with Crippen LogP contribution in [0.25, 0.3) is 0 Å². The van der Waals surface area contributed by atoms with Crippen molar-refractivity contribution in [3.05, 3.63) is 0 Å². The van der Waals surface area contributed by atoms with Gasteiger partial charge < -0.3 is 24.6 Å². The van der Waals surface area contributed by atoms with Gasteiger partial charge >= 0.3 is 5.97 Å². The van der Waals surface area contributed by atoms with E-state index in [1.165, 1.54) is 0 Å². The van der Waals surface area contributed by atoms with Gasteiger partial charge in [0.05, 0.1) is 32.5 Å². The maximum Gasteiger partial charge on any atom is 0.323 e. The van der Waals surface area contributed by atoms with Gasteiger partial charge in [-0.25, -0.2) is 0 Å². The van der Waals surface area contributed by atoms with Crippen LogP contribution in [0.3, 0.4) is 0 Å². The number of ether oxygens (including phenoxy) is 3. The van der Waals surface area contributed by atoms with E-state index in [0.29, 0.717) is 39.4 Å². The van der Waals surface area contributed by atoms with Crippen molar-refractivity contribution in [2.75, 3.05) is 40.1 Å². The van der Waals surface area contributed by atoms with Gasteiger partial charge in [0.25, 0.3) is 0 Å². The molecule has 0 aliphatic rings. The van der Waals surface area contributed by atoms with Crippen LogP contribution < -0.4 is 5.32 Å². The molecule has 0 saturated heterocycles. The summed E-state index contributed by atoms with van der Waals surface area (Å²) >= 11 is 0. The molecule has 0 bridgehead atoms. The largest absolute Gasteiger partial charge is 0.480 e. The number of aliphatic carboxylic acids is 1. The first-order valence-electron chi connectivity index (χ1n) is 7.13. The van der Waals surface area contributed by atoms with E-state index in [2.05, 4.69) is 5.32 Å². The smallest absolute Gasteiger partial charge is 0.323 e. The molecule has 0 saturated carbocycles. The van der Waals surface area contributed by atoms with Crippen LogP contribution in [-0.2, 0) is 19.0 Å². The number of hydrogen-bond acceptors (Lipinski definition) is 5. The number of carbonyl (C=O) groups is 1. The van der Waals surface area contributed by atoms with E-state index < -0.39 is 11.5 Å². The topological polar surface area (TPSA) is 77.0 Å². The fraction of sp³-hybridized carbons (Fsp3) is 0.929. The van der Waals surface area contributed by atoms with Crippen LogP contribution in [0.1, 0.15) is 33.6 Å². The molecule has 0 aliphatic heterocycles. The normalized spacial score (nSPS) is 15.8. The van der Waals surface area contributed by atoms with Gasteiger partial charge in [-0.2, -0.15) is 0 Å². The van der Waals surface area contributed by atoms with E-state index in [1.54, 1.807) is 14.0 Å². The van der Waals surface area contributed by atoms with E-state index in [-0.39, 0.29) is 6.10 Å². The molecular formula is C14H29NO5. The highest BCUT2D eigenvalue weighted by Crippen LogP contribution is 2.15. The highest BCUT2D eigenvalue weighted by atomic mass is 16.5. The van der Waals surface area contributed by atoms with Crippen LogP contribution in [0.2, 0.25) is 0 Å². The number of rotatable bonds is 13. The molecular weight excluding hydrogens is 262 g/mol. The molecule has 2 atom stereocenters. The Morgan fingerprint density at radius 2 is 1.95 bits per heavy atom. The first kappa shape index (κ1) is 19.3. The lowest BCUT2D eigenvalue weighted by molar-refractivity contribution is -0.146. The first-order valence-corrected chi connectivity index (χ1v) is 7.13. The monoisotopic (exact) mass is 291 g/mol. The second-order valence-corrected chi connectivity index (χ2v) is 5.05. The molecule has 6 heteroatoms. The predicted molar refractivity (Wildman–Crippen MR) is 77.1 cm³/mol. The standard InChI is InChI=1S/C14H29NO5/c1-5-6-15-14(3,13(16)17)11-12(2)20-10-9-19-8-7-18-4/h12,15H,5-11H2,1-4H3,(H,16,17). The zero-order valence-electron chi connectivity index (χ0n) is 13.1. The van der Waals surface area contributed by atoms with Crippen molar-refractivity contribution in [1.82, 2.24) is 5.32 Å². The molecule has 0 radical (unpaired) electrons. The molecule has 0 aromatic rings. The van der Waals surface area contributed by atoms with E-state index in [1.807, 2.05) is 13.8 Å². The van der Waals surface area contributed by atoms with Crippen molar-refractivity contribution in [3.63, 3.8) is 0 Å².